The normalized spacial score (nSPS) is 12.4. The van der Waals surface area contributed by atoms with Crippen molar-refractivity contribution in [3.63, 3.8) is 0 Å². The first kappa shape index (κ1) is 11.6. The van der Waals surface area contributed by atoms with Gasteiger partial charge in [-0.25, -0.2) is 0 Å². The Morgan fingerprint density at radius 1 is 1.45 bits per heavy atom. The molecule has 0 atom stereocenters. The van der Waals surface area contributed by atoms with Crippen molar-refractivity contribution in [2.75, 3.05) is 11.1 Å². The fraction of sp³-hybridized carbons (Fsp3) is 1.00. The Labute approximate surface area is 79.4 Å². The summed E-state index contributed by atoms with van der Waals surface area (Å²) in [6.07, 6.45) is 1.61. The molecule has 0 bridgehead atoms. The van der Waals surface area contributed by atoms with Crippen LogP contribution in [-0.4, -0.2) is 21.8 Å². The summed E-state index contributed by atoms with van der Waals surface area (Å²) in [5.41, 5.74) is -0.515. The molecule has 0 saturated heterocycles. The summed E-state index contributed by atoms with van der Waals surface area (Å²) >= 11 is -0.180. The van der Waals surface area contributed by atoms with Crippen molar-refractivity contribution in [3.05, 3.63) is 0 Å². The van der Waals surface area contributed by atoms with E-state index >= 15 is 0 Å². The number of halogens is 1. The van der Waals surface area contributed by atoms with Crippen LogP contribution in [0.5, 0.6) is 0 Å². The molecule has 0 heterocycles. The van der Waals surface area contributed by atoms with Crippen molar-refractivity contribution < 1.29 is 26.6 Å². The molecular formula is C7H18IN2O-. The van der Waals surface area contributed by atoms with E-state index in [0.717, 1.165) is 17.4 Å². The number of aliphatic hydroxyl groups is 1. The summed E-state index contributed by atoms with van der Waals surface area (Å²) in [6.45, 7) is 4.68. The monoisotopic (exact) mass is 273 g/mol. The zero-order valence-electron chi connectivity index (χ0n) is 7.23. The van der Waals surface area contributed by atoms with Crippen molar-refractivity contribution in [2.45, 2.75) is 32.3 Å². The number of rotatable bonds is 6. The molecule has 0 rings (SSSR count). The van der Waals surface area contributed by atoms with Gasteiger partial charge in [-0.05, 0) is 0 Å². The molecule has 0 amide bonds. The summed E-state index contributed by atoms with van der Waals surface area (Å²) in [6, 6.07) is 0. The fourth-order valence-electron chi connectivity index (χ4n) is 0.834. The Balaban J connectivity index is 3.51. The van der Waals surface area contributed by atoms with Gasteiger partial charge in [-0.2, -0.15) is 0 Å². The average Bonchev–Trinajstić information content (AvgIpc) is 2.05. The fourth-order valence-corrected chi connectivity index (χ4v) is 1.42. The zero-order chi connectivity index (χ0) is 8.74. The molecule has 70 valence electrons. The van der Waals surface area contributed by atoms with Crippen molar-refractivity contribution >= 4 is 0 Å². The zero-order valence-corrected chi connectivity index (χ0v) is 9.39. The van der Waals surface area contributed by atoms with Crippen LogP contribution in [0.15, 0.2) is 0 Å². The van der Waals surface area contributed by atoms with Gasteiger partial charge in [0.15, 0.2) is 0 Å². The Morgan fingerprint density at radius 2 is 2.00 bits per heavy atom. The summed E-state index contributed by atoms with van der Waals surface area (Å²) in [5.74, 6) is 0. The summed E-state index contributed by atoms with van der Waals surface area (Å²) in [4.78, 5) is 0. The second-order valence-corrected chi connectivity index (χ2v) is 4.29. The molecule has 0 radical (unpaired) electrons. The van der Waals surface area contributed by atoms with E-state index in [1.807, 2.05) is 13.8 Å². The van der Waals surface area contributed by atoms with E-state index in [0.29, 0.717) is 6.54 Å². The molecule has 0 spiro atoms. The number of alkyl halides is 1. The predicted molar refractivity (Wildman–Crippen MR) is 42.6 cm³/mol. The molecule has 0 aromatic rings. The third kappa shape index (κ3) is 4.95. The van der Waals surface area contributed by atoms with Gasteiger partial charge in [0.25, 0.3) is 0 Å². The maximum atomic E-state index is 9.76. The number of hydrogen-bond acceptors (Lipinski definition) is 3. The molecule has 0 aliphatic rings. The van der Waals surface area contributed by atoms with E-state index < -0.39 is 5.60 Å². The molecule has 0 aliphatic heterocycles. The first-order chi connectivity index (χ1) is 5.18. The van der Waals surface area contributed by atoms with Crippen molar-refractivity contribution in [1.29, 1.82) is 0 Å². The molecule has 0 aliphatic carbocycles. The van der Waals surface area contributed by atoms with Gasteiger partial charge in [-0.15, -0.1) is 0 Å². The minimum atomic E-state index is -0.515. The van der Waals surface area contributed by atoms with Crippen molar-refractivity contribution in [2.24, 2.45) is 3.95 Å². The standard InChI is InChI=1S/C7H18IN2O/c1-3-7(11,4-2)5-10-6-8-9/h10-11H,3-6,9H2,1-2H3/q-1. The number of nitrogens with one attached hydrogen (secondary N) is 1. The molecule has 0 fully saturated rings. The first-order valence-electron chi connectivity index (χ1n) is 3.89. The van der Waals surface area contributed by atoms with Crippen LogP contribution < -0.4 is 30.7 Å². The van der Waals surface area contributed by atoms with Crippen LogP contribution in [-0.2, 0) is 0 Å². The molecule has 11 heavy (non-hydrogen) atoms. The van der Waals surface area contributed by atoms with E-state index in [9.17, 15) is 5.11 Å². The third-order valence-electron chi connectivity index (χ3n) is 1.94. The first-order valence-corrected chi connectivity index (χ1v) is 6.66. The molecule has 0 aromatic heterocycles. The maximum absolute atomic E-state index is 9.76. The Hall–Kier alpha value is 0.610. The van der Waals surface area contributed by atoms with Gasteiger partial charge in [-0.1, -0.05) is 0 Å². The van der Waals surface area contributed by atoms with Gasteiger partial charge in [-0.3, -0.25) is 0 Å². The molecule has 0 saturated carbocycles. The second kappa shape index (κ2) is 6.16. The van der Waals surface area contributed by atoms with Gasteiger partial charge in [0.05, 0.1) is 0 Å². The SMILES string of the molecule is CCC(O)(CC)CNC[I-]N. The summed E-state index contributed by atoms with van der Waals surface area (Å²) < 4.78 is 6.30. The number of hydrogen-bond donors (Lipinski definition) is 3. The molecule has 4 heteroatoms. The number of nitrogens with two attached hydrogens (primary N) is 1. The summed E-state index contributed by atoms with van der Waals surface area (Å²) in [5, 5.41) is 12.9. The van der Waals surface area contributed by atoms with E-state index in [-0.39, 0.29) is 21.5 Å². The van der Waals surface area contributed by atoms with Gasteiger partial charge in [0, 0.05) is 0 Å². The van der Waals surface area contributed by atoms with Crippen LogP contribution in [0.4, 0.5) is 0 Å². The van der Waals surface area contributed by atoms with E-state index in [1.165, 1.54) is 0 Å². The van der Waals surface area contributed by atoms with Crippen LogP contribution in [0.3, 0.4) is 0 Å². The molecule has 4 N–H and O–H groups in total. The molecule has 3 nitrogen and oxygen atoms in total. The minimum absolute atomic E-state index is 0.180. The predicted octanol–water partition coefficient (Wildman–Crippen LogP) is -2.95. The van der Waals surface area contributed by atoms with Gasteiger partial charge in [0.2, 0.25) is 0 Å². The molecular weight excluding hydrogens is 255 g/mol. The van der Waals surface area contributed by atoms with E-state index in [4.69, 9.17) is 3.95 Å². The topological polar surface area (TPSA) is 58.3 Å². The van der Waals surface area contributed by atoms with Crippen molar-refractivity contribution in [3.8, 4) is 0 Å². The second-order valence-electron chi connectivity index (χ2n) is 2.65. The van der Waals surface area contributed by atoms with E-state index in [2.05, 4.69) is 5.32 Å². The Kier molecular flexibility index (Phi) is 6.50. The van der Waals surface area contributed by atoms with Gasteiger partial charge >= 0.3 is 79.2 Å². The Morgan fingerprint density at radius 3 is 2.36 bits per heavy atom. The summed E-state index contributed by atoms with van der Waals surface area (Å²) in [7, 11) is 0. The van der Waals surface area contributed by atoms with Crippen LogP contribution >= 0.6 is 0 Å². The van der Waals surface area contributed by atoms with Gasteiger partial charge < -0.3 is 0 Å². The van der Waals surface area contributed by atoms with Crippen LogP contribution in [0.2, 0.25) is 0 Å². The quantitative estimate of drug-likeness (QED) is 0.159. The third-order valence-corrected chi connectivity index (χ3v) is 2.92. The van der Waals surface area contributed by atoms with Gasteiger partial charge in [0.1, 0.15) is 0 Å². The van der Waals surface area contributed by atoms with Crippen molar-refractivity contribution in [1.82, 2.24) is 5.32 Å². The average molecular weight is 273 g/mol. The van der Waals surface area contributed by atoms with Crippen LogP contribution in [0.25, 0.3) is 0 Å². The molecule has 0 unspecified atom stereocenters. The van der Waals surface area contributed by atoms with Crippen LogP contribution in [0, 0.1) is 0 Å². The molecule has 0 aromatic carbocycles. The van der Waals surface area contributed by atoms with E-state index in [1.54, 1.807) is 0 Å². The Bertz CT molecular complexity index is 96.4. The van der Waals surface area contributed by atoms with Crippen LogP contribution in [0.1, 0.15) is 26.7 Å².